The molecule has 0 bridgehead atoms. The van der Waals surface area contributed by atoms with Crippen LogP contribution in [0, 0.1) is 6.92 Å². The van der Waals surface area contributed by atoms with Crippen LogP contribution in [0.1, 0.15) is 11.1 Å². The van der Waals surface area contributed by atoms with Gasteiger partial charge < -0.3 is 9.54 Å². The molecule has 0 atom stereocenters. The van der Waals surface area contributed by atoms with Gasteiger partial charge in [0.1, 0.15) is 10.1 Å². The van der Waals surface area contributed by atoms with Crippen LogP contribution in [0.5, 0.6) is 0 Å². The second-order valence-electron chi connectivity index (χ2n) is 5.99. The monoisotopic (exact) mass is 397 g/mol. The van der Waals surface area contributed by atoms with E-state index in [4.69, 9.17) is 0 Å². The van der Waals surface area contributed by atoms with Crippen molar-refractivity contribution in [3.05, 3.63) is 78.4 Å². The van der Waals surface area contributed by atoms with E-state index in [0.29, 0.717) is 5.65 Å². The van der Waals surface area contributed by atoms with Gasteiger partial charge in [0, 0.05) is 0 Å². The highest BCUT2D eigenvalue weighted by Gasteiger charge is 2.10. The number of aromatic amines is 2. The van der Waals surface area contributed by atoms with Gasteiger partial charge in [0.05, 0.1) is 17.8 Å². The summed E-state index contributed by atoms with van der Waals surface area (Å²) in [5.41, 5.74) is 3.76. The highest BCUT2D eigenvalue weighted by Crippen LogP contribution is 2.12. The number of rotatable bonds is 4. The van der Waals surface area contributed by atoms with E-state index in [9.17, 15) is 13.0 Å². The third-order valence-corrected chi connectivity index (χ3v) is 4.74. The van der Waals surface area contributed by atoms with E-state index < -0.39 is 10.1 Å². The summed E-state index contributed by atoms with van der Waals surface area (Å²) in [5.74, 6) is 0.899. The van der Waals surface area contributed by atoms with Gasteiger partial charge >= 0.3 is 0 Å². The Bertz CT molecular complexity index is 1140. The molecule has 9 heteroatoms. The molecule has 8 nitrogen and oxygen atoms in total. The molecule has 2 aromatic carbocycles. The predicted molar refractivity (Wildman–Crippen MR) is 103 cm³/mol. The third kappa shape index (κ3) is 5.12. The molecular formula is C19H19N5O3S. The van der Waals surface area contributed by atoms with Gasteiger partial charge in [-0.1, -0.05) is 53.0 Å². The summed E-state index contributed by atoms with van der Waals surface area (Å²) < 4.78 is 31.2. The molecule has 4 rings (SSSR count). The van der Waals surface area contributed by atoms with E-state index in [-0.39, 0.29) is 4.90 Å². The summed E-state index contributed by atoms with van der Waals surface area (Å²) in [6.45, 7) is 2.58. The lowest BCUT2D eigenvalue weighted by Crippen LogP contribution is -2.14. The van der Waals surface area contributed by atoms with Crippen LogP contribution in [0.4, 0.5) is 5.82 Å². The van der Waals surface area contributed by atoms with Gasteiger partial charge in [0.2, 0.25) is 12.1 Å². The van der Waals surface area contributed by atoms with Crippen molar-refractivity contribution in [3.8, 4) is 0 Å². The standard InChI is InChI=1S/C12H11N5.C7H8O3S/c1-2-4-9(5-3-1)6-13-11-10-12(15-7-14-10)17-8-16-11;1-6-2-4-7(5-3-6)11(8,9)10/h1-5,7-8H,6H2,(H2,13,14,15,16,17);2-5H,1H3,(H,8,9,10). The van der Waals surface area contributed by atoms with E-state index in [1.54, 1.807) is 24.8 Å². The van der Waals surface area contributed by atoms with Gasteiger partial charge in [-0.05, 0) is 24.6 Å². The van der Waals surface area contributed by atoms with E-state index >= 15 is 0 Å². The first kappa shape index (κ1) is 19.5. The first-order valence-corrected chi connectivity index (χ1v) is 9.84. The first-order valence-electron chi connectivity index (χ1n) is 8.43. The smallest absolute Gasteiger partial charge is 0.260 e. The number of aromatic nitrogens is 4. The number of hydrogen-bond acceptors (Lipinski definition) is 6. The molecule has 0 saturated heterocycles. The Morgan fingerprint density at radius 1 is 1.07 bits per heavy atom. The van der Waals surface area contributed by atoms with Gasteiger partial charge in [0.25, 0.3) is 5.65 Å². The van der Waals surface area contributed by atoms with Crippen LogP contribution in [-0.4, -0.2) is 27.9 Å². The van der Waals surface area contributed by atoms with Crippen LogP contribution in [0.25, 0.3) is 11.2 Å². The zero-order valence-electron chi connectivity index (χ0n) is 15.1. The summed E-state index contributed by atoms with van der Waals surface area (Å²) in [7, 11) is -4.27. The molecule has 0 spiro atoms. The minimum Gasteiger partial charge on any atom is -0.744 e. The summed E-state index contributed by atoms with van der Waals surface area (Å²) in [6, 6.07) is 16.0. The maximum atomic E-state index is 10.4. The van der Waals surface area contributed by atoms with Gasteiger partial charge in [0.15, 0.2) is 5.52 Å². The van der Waals surface area contributed by atoms with Crippen molar-refractivity contribution in [1.29, 1.82) is 0 Å². The largest absolute Gasteiger partial charge is 0.744 e. The van der Waals surface area contributed by atoms with Crippen LogP contribution in [0.15, 0.2) is 72.1 Å². The number of imidazole rings is 1. The zero-order valence-corrected chi connectivity index (χ0v) is 15.9. The maximum absolute atomic E-state index is 10.4. The molecule has 0 aliphatic rings. The molecular weight excluding hydrogens is 378 g/mol. The lowest BCUT2D eigenvalue weighted by Gasteiger charge is -2.05. The second kappa shape index (κ2) is 8.59. The summed E-state index contributed by atoms with van der Waals surface area (Å²) in [5, 5.41) is 3.32. The number of H-pyrrole nitrogens is 2. The van der Waals surface area contributed by atoms with E-state index in [2.05, 4.69) is 37.4 Å². The molecule has 28 heavy (non-hydrogen) atoms. The van der Waals surface area contributed by atoms with Crippen molar-refractivity contribution in [1.82, 2.24) is 15.0 Å². The summed E-state index contributed by atoms with van der Waals surface area (Å²) >= 11 is 0. The average molecular weight is 397 g/mol. The Kier molecular flexibility index (Phi) is 5.97. The van der Waals surface area contributed by atoms with Crippen LogP contribution in [0.2, 0.25) is 0 Å². The molecule has 0 radical (unpaired) electrons. The summed E-state index contributed by atoms with van der Waals surface area (Å²) in [6.07, 6.45) is 3.27. The molecule has 4 aromatic rings. The zero-order chi connectivity index (χ0) is 20.0. The highest BCUT2D eigenvalue weighted by molar-refractivity contribution is 7.85. The highest BCUT2D eigenvalue weighted by atomic mass is 32.2. The average Bonchev–Trinajstić information content (AvgIpc) is 3.17. The first-order chi connectivity index (χ1) is 13.4. The molecule has 2 heterocycles. The second-order valence-corrected chi connectivity index (χ2v) is 7.36. The number of nitrogens with zero attached hydrogens (tertiary/aromatic N) is 2. The molecule has 0 aliphatic carbocycles. The molecule has 3 N–H and O–H groups in total. The Morgan fingerprint density at radius 3 is 2.46 bits per heavy atom. The lowest BCUT2D eigenvalue weighted by atomic mass is 10.2. The quantitative estimate of drug-likeness (QED) is 0.509. The normalized spacial score (nSPS) is 10.9. The lowest BCUT2D eigenvalue weighted by molar-refractivity contribution is -0.364. The fraction of sp³-hybridized carbons (Fsp3) is 0.105. The Labute approximate surface area is 162 Å². The topological polar surface area (TPSA) is 125 Å². The Hall–Kier alpha value is -3.30. The molecule has 0 fully saturated rings. The number of nitrogens with one attached hydrogen (secondary N) is 3. The van der Waals surface area contributed by atoms with Crippen molar-refractivity contribution < 1.29 is 18.0 Å². The van der Waals surface area contributed by atoms with Crippen LogP contribution >= 0.6 is 0 Å². The maximum Gasteiger partial charge on any atom is 0.260 e. The molecule has 144 valence electrons. The number of anilines is 1. The van der Waals surface area contributed by atoms with Crippen LogP contribution < -0.4 is 10.3 Å². The van der Waals surface area contributed by atoms with Gasteiger partial charge in [-0.2, -0.15) is 0 Å². The van der Waals surface area contributed by atoms with E-state index in [1.807, 2.05) is 25.1 Å². The van der Waals surface area contributed by atoms with Gasteiger partial charge in [-0.3, -0.25) is 5.32 Å². The van der Waals surface area contributed by atoms with Gasteiger partial charge in [-0.25, -0.2) is 18.4 Å². The van der Waals surface area contributed by atoms with E-state index in [1.165, 1.54) is 17.7 Å². The number of fused-ring (bicyclic) bond motifs is 1. The third-order valence-electron chi connectivity index (χ3n) is 3.89. The molecule has 0 aliphatic heterocycles. The van der Waals surface area contributed by atoms with E-state index in [0.717, 1.165) is 23.4 Å². The van der Waals surface area contributed by atoms with Crippen molar-refractivity contribution in [2.75, 3.05) is 5.32 Å². The molecule has 0 unspecified atom stereocenters. The van der Waals surface area contributed by atoms with Crippen LogP contribution in [0.3, 0.4) is 0 Å². The fourth-order valence-corrected chi connectivity index (χ4v) is 2.90. The van der Waals surface area contributed by atoms with Crippen molar-refractivity contribution in [2.45, 2.75) is 18.4 Å². The number of aryl methyl sites for hydroxylation is 1. The SMILES string of the molecule is Cc1ccc(S(=O)(=O)[O-])cc1.c1ccc(CNc2[nH+]cnc3nc[nH]c23)cc1. The van der Waals surface area contributed by atoms with Crippen molar-refractivity contribution in [3.63, 3.8) is 0 Å². The van der Waals surface area contributed by atoms with Crippen molar-refractivity contribution in [2.24, 2.45) is 0 Å². The molecule has 0 amide bonds. The van der Waals surface area contributed by atoms with Crippen molar-refractivity contribution >= 4 is 27.1 Å². The summed E-state index contributed by atoms with van der Waals surface area (Å²) in [4.78, 5) is 14.2. The Morgan fingerprint density at radius 2 is 1.79 bits per heavy atom. The predicted octanol–water partition coefficient (Wildman–Crippen LogP) is 2.28. The van der Waals surface area contributed by atoms with Gasteiger partial charge in [-0.15, -0.1) is 0 Å². The minimum absolute atomic E-state index is 0.178. The fourth-order valence-electron chi connectivity index (χ4n) is 2.43. The Balaban J connectivity index is 0.000000178. The molecule has 0 saturated carbocycles. The minimum atomic E-state index is -4.27. The number of hydrogen-bond donors (Lipinski definition) is 2. The molecule has 2 aromatic heterocycles. The van der Waals surface area contributed by atoms with Crippen LogP contribution in [-0.2, 0) is 16.7 Å². The number of benzene rings is 2.